The standard InChI is InChI=1S/C35H43F3N10O2/c1-3-45-10-12-47(13-11-45)23-26-18-28(35(36,37)38)21-29(19-26)43-33(49)27-5-4-25(2)30(20-27)44-34-40-7-9-48(34)32-22-31(41-24-42-32)39-6-8-46-14-16-50-17-15-46/h4-5,7,9,18-22,24H,3,6,8,10-17,23H2,1-2H3,(H,40,44)(H,43,49)(H,39,41,42). The molecule has 12 nitrogen and oxygen atoms in total. The van der Waals surface area contributed by atoms with E-state index in [0.717, 1.165) is 83.7 Å². The number of nitrogens with one attached hydrogen (secondary N) is 3. The smallest absolute Gasteiger partial charge is 0.379 e. The second-order valence-electron chi connectivity index (χ2n) is 12.5. The SMILES string of the molecule is CCN1CCN(Cc2cc(NC(=O)c3ccc(C)c(Nc4nccn4-c4cc(NCCN5CCOCC5)ncn4)c3)cc(C(F)(F)F)c2)CC1. The maximum atomic E-state index is 13.9. The summed E-state index contributed by atoms with van der Waals surface area (Å²) in [5.41, 5.74) is 1.53. The zero-order chi connectivity index (χ0) is 35.1. The number of ether oxygens (including phenoxy) is 1. The average Bonchev–Trinajstić information content (AvgIpc) is 3.58. The second kappa shape index (κ2) is 16.0. The Balaban J connectivity index is 1.14. The average molecular weight is 693 g/mol. The van der Waals surface area contributed by atoms with E-state index in [4.69, 9.17) is 4.74 Å². The molecule has 0 saturated carbocycles. The number of anilines is 4. The van der Waals surface area contributed by atoms with Gasteiger partial charge >= 0.3 is 6.18 Å². The molecule has 0 unspecified atom stereocenters. The largest absolute Gasteiger partial charge is 0.416 e. The van der Waals surface area contributed by atoms with Crippen LogP contribution in [0.1, 0.15) is 34.0 Å². The molecule has 6 rings (SSSR count). The van der Waals surface area contributed by atoms with Gasteiger partial charge in [-0.3, -0.25) is 19.2 Å². The molecule has 0 radical (unpaired) electrons. The van der Waals surface area contributed by atoms with Crippen LogP contribution in [-0.2, 0) is 17.5 Å². The van der Waals surface area contributed by atoms with E-state index in [-0.39, 0.29) is 11.3 Å². The number of morpholine rings is 1. The van der Waals surface area contributed by atoms with Crippen molar-refractivity contribution in [2.75, 3.05) is 88.1 Å². The summed E-state index contributed by atoms with van der Waals surface area (Å²) in [7, 11) is 0. The molecule has 2 aliphatic heterocycles. The van der Waals surface area contributed by atoms with Crippen molar-refractivity contribution in [2.45, 2.75) is 26.6 Å². The van der Waals surface area contributed by atoms with Crippen molar-refractivity contribution in [3.63, 3.8) is 0 Å². The fourth-order valence-electron chi connectivity index (χ4n) is 6.09. The first-order chi connectivity index (χ1) is 24.1. The van der Waals surface area contributed by atoms with Crippen LogP contribution in [0.2, 0.25) is 0 Å². The molecule has 266 valence electrons. The van der Waals surface area contributed by atoms with E-state index in [1.807, 2.05) is 13.0 Å². The molecule has 2 aromatic carbocycles. The number of piperazine rings is 1. The number of benzene rings is 2. The van der Waals surface area contributed by atoms with Crippen molar-refractivity contribution in [2.24, 2.45) is 0 Å². The fourth-order valence-corrected chi connectivity index (χ4v) is 6.09. The zero-order valence-electron chi connectivity index (χ0n) is 28.3. The summed E-state index contributed by atoms with van der Waals surface area (Å²) in [6.07, 6.45) is 0.334. The number of hydrogen-bond donors (Lipinski definition) is 3. The van der Waals surface area contributed by atoms with Crippen molar-refractivity contribution >= 4 is 29.0 Å². The molecule has 3 N–H and O–H groups in total. The van der Waals surface area contributed by atoms with Crippen molar-refractivity contribution < 1.29 is 22.7 Å². The van der Waals surface area contributed by atoms with Gasteiger partial charge in [-0.1, -0.05) is 13.0 Å². The van der Waals surface area contributed by atoms with Gasteiger partial charge in [-0.2, -0.15) is 13.2 Å². The number of rotatable bonds is 12. The Labute approximate surface area is 289 Å². The molecule has 2 aliphatic rings. The number of imidazole rings is 1. The molecule has 15 heteroatoms. The Kier molecular flexibility index (Phi) is 11.3. The Morgan fingerprint density at radius 2 is 1.70 bits per heavy atom. The van der Waals surface area contributed by atoms with Crippen LogP contribution in [0.4, 0.5) is 36.3 Å². The predicted molar refractivity (Wildman–Crippen MR) is 186 cm³/mol. The number of nitrogens with zero attached hydrogens (tertiary/aromatic N) is 7. The van der Waals surface area contributed by atoms with Gasteiger partial charge in [-0.05, 0) is 54.9 Å². The Hall–Kier alpha value is -4.57. The molecule has 0 bridgehead atoms. The summed E-state index contributed by atoms with van der Waals surface area (Å²) in [6.45, 7) is 13.5. The number of likely N-dealkylation sites (N-methyl/N-ethyl adjacent to an activating group) is 1. The van der Waals surface area contributed by atoms with E-state index in [2.05, 4.69) is 52.5 Å². The topological polar surface area (TPSA) is 116 Å². The lowest BCUT2D eigenvalue weighted by Gasteiger charge is -2.34. The Bertz CT molecular complexity index is 1750. The third kappa shape index (κ3) is 9.15. The van der Waals surface area contributed by atoms with E-state index in [0.29, 0.717) is 35.4 Å². The third-order valence-corrected chi connectivity index (χ3v) is 9.02. The number of alkyl halides is 3. The van der Waals surface area contributed by atoms with E-state index in [9.17, 15) is 18.0 Å². The lowest BCUT2D eigenvalue weighted by molar-refractivity contribution is -0.137. The van der Waals surface area contributed by atoms with Gasteiger partial charge in [0.2, 0.25) is 5.95 Å². The number of aryl methyl sites for hydroxylation is 1. The van der Waals surface area contributed by atoms with Gasteiger partial charge in [0.1, 0.15) is 18.0 Å². The summed E-state index contributed by atoms with van der Waals surface area (Å²) in [6, 6.07) is 10.7. The van der Waals surface area contributed by atoms with Crippen LogP contribution >= 0.6 is 0 Å². The van der Waals surface area contributed by atoms with E-state index in [1.165, 1.54) is 12.4 Å². The van der Waals surface area contributed by atoms with Gasteiger partial charge in [0.25, 0.3) is 5.91 Å². The number of hydrogen-bond acceptors (Lipinski definition) is 10. The third-order valence-electron chi connectivity index (χ3n) is 9.02. The van der Waals surface area contributed by atoms with Crippen molar-refractivity contribution in [1.29, 1.82) is 0 Å². The minimum atomic E-state index is -4.55. The first-order valence-corrected chi connectivity index (χ1v) is 16.9. The van der Waals surface area contributed by atoms with E-state index < -0.39 is 17.6 Å². The molecule has 2 aromatic heterocycles. The highest BCUT2D eigenvalue weighted by atomic mass is 19.4. The first-order valence-electron chi connectivity index (χ1n) is 16.9. The van der Waals surface area contributed by atoms with Crippen LogP contribution in [0.5, 0.6) is 0 Å². The quantitative estimate of drug-likeness (QED) is 0.190. The first kappa shape index (κ1) is 35.3. The minimum absolute atomic E-state index is 0.0933. The Morgan fingerprint density at radius 1 is 0.920 bits per heavy atom. The van der Waals surface area contributed by atoms with E-state index >= 15 is 0 Å². The van der Waals surface area contributed by atoms with E-state index in [1.54, 1.807) is 41.2 Å². The summed E-state index contributed by atoms with van der Waals surface area (Å²) in [5.74, 6) is 1.20. The summed E-state index contributed by atoms with van der Waals surface area (Å²) >= 11 is 0. The van der Waals surface area contributed by atoms with Crippen LogP contribution in [0.3, 0.4) is 0 Å². The molecular formula is C35H43F3N10O2. The highest BCUT2D eigenvalue weighted by molar-refractivity contribution is 6.05. The van der Waals surface area contributed by atoms with Crippen LogP contribution in [0.15, 0.2) is 61.2 Å². The van der Waals surface area contributed by atoms with Crippen LogP contribution in [0, 0.1) is 6.92 Å². The monoisotopic (exact) mass is 692 g/mol. The summed E-state index contributed by atoms with van der Waals surface area (Å²) in [4.78, 5) is 33.5. The second-order valence-corrected chi connectivity index (χ2v) is 12.5. The van der Waals surface area contributed by atoms with Crippen molar-refractivity contribution in [3.8, 4) is 5.82 Å². The summed E-state index contributed by atoms with van der Waals surface area (Å²) in [5, 5.41) is 9.35. The Morgan fingerprint density at radius 3 is 2.46 bits per heavy atom. The highest BCUT2D eigenvalue weighted by Crippen LogP contribution is 2.33. The number of halogens is 3. The van der Waals surface area contributed by atoms with Gasteiger partial charge in [-0.15, -0.1) is 0 Å². The molecule has 2 fully saturated rings. The molecule has 50 heavy (non-hydrogen) atoms. The molecule has 4 aromatic rings. The number of aromatic nitrogens is 4. The lowest BCUT2D eigenvalue weighted by atomic mass is 10.1. The maximum Gasteiger partial charge on any atom is 0.416 e. The zero-order valence-corrected chi connectivity index (χ0v) is 28.3. The van der Waals surface area contributed by atoms with Crippen molar-refractivity contribution in [3.05, 3.63) is 83.4 Å². The number of amides is 1. The molecule has 4 heterocycles. The van der Waals surface area contributed by atoms with Gasteiger partial charge in [0, 0.05) is 94.3 Å². The molecule has 1 amide bonds. The fraction of sp³-hybridized carbons (Fsp3) is 0.429. The molecule has 0 atom stereocenters. The van der Waals surface area contributed by atoms with Crippen LogP contribution in [-0.4, -0.2) is 112 Å². The molecular weight excluding hydrogens is 649 g/mol. The van der Waals surface area contributed by atoms with Gasteiger partial charge in [0.05, 0.1) is 18.8 Å². The van der Waals surface area contributed by atoms with Crippen molar-refractivity contribution in [1.82, 2.24) is 34.2 Å². The number of carbonyl (C=O) groups excluding carboxylic acids is 1. The van der Waals surface area contributed by atoms with Gasteiger partial charge in [-0.25, -0.2) is 15.0 Å². The van der Waals surface area contributed by atoms with Gasteiger partial charge < -0.3 is 25.6 Å². The predicted octanol–water partition coefficient (Wildman–Crippen LogP) is 4.87. The number of carbonyl (C=O) groups is 1. The van der Waals surface area contributed by atoms with Gasteiger partial charge in [0.15, 0.2) is 0 Å². The maximum absolute atomic E-state index is 13.9. The minimum Gasteiger partial charge on any atom is -0.379 e. The molecule has 0 spiro atoms. The van der Waals surface area contributed by atoms with Crippen LogP contribution < -0.4 is 16.0 Å². The lowest BCUT2D eigenvalue weighted by Crippen LogP contribution is -2.45. The molecule has 0 aliphatic carbocycles. The summed E-state index contributed by atoms with van der Waals surface area (Å²) < 4.78 is 48.9. The molecule has 2 saturated heterocycles. The normalized spacial score (nSPS) is 16.3. The highest BCUT2D eigenvalue weighted by Gasteiger charge is 2.32. The van der Waals surface area contributed by atoms with Crippen LogP contribution in [0.25, 0.3) is 5.82 Å².